The van der Waals surface area contributed by atoms with E-state index in [2.05, 4.69) is 30.7 Å². The molecule has 0 spiro atoms. The number of piperazine rings is 1. The Morgan fingerprint density at radius 2 is 1.78 bits per heavy atom. The first-order chi connectivity index (χ1) is 12.7. The molecule has 1 aromatic heterocycles. The van der Waals surface area contributed by atoms with Gasteiger partial charge in [-0.25, -0.2) is 4.98 Å². The molecule has 0 N–H and O–H groups in total. The Morgan fingerprint density at radius 3 is 2.33 bits per heavy atom. The maximum Gasteiger partial charge on any atom is 0.282 e. The molecule has 0 radical (unpaired) electrons. The largest absolute Gasteiger partial charge is 0.444 e. The SMILES string of the molecule is CN(C1CCCCC1)S(=O)(=O)N1CCN(Cc2ncc(C(C)(C)C)o2)CC1. The van der Waals surface area contributed by atoms with E-state index < -0.39 is 10.2 Å². The number of rotatable bonds is 5. The summed E-state index contributed by atoms with van der Waals surface area (Å²) in [6.45, 7) is 9.37. The van der Waals surface area contributed by atoms with Gasteiger partial charge in [0.25, 0.3) is 10.2 Å². The summed E-state index contributed by atoms with van der Waals surface area (Å²) in [7, 11) is -1.62. The maximum absolute atomic E-state index is 13.0. The standard InChI is InChI=1S/C19H34N4O3S/c1-19(2,3)17-14-20-18(26-17)15-22-10-12-23(13-11-22)27(24,25)21(4)16-8-6-5-7-9-16/h14,16H,5-13,15H2,1-4H3. The van der Waals surface area contributed by atoms with E-state index in [0.29, 0.717) is 38.6 Å². The molecule has 8 heteroatoms. The van der Waals surface area contributed by atoms with Gasteiger partial charge in [-0.1, -0.05) is 40.0 Å². The normalized spacial score (nSPS) is 21.8. The molecule has 27 heavy (non-hydrogen) atoms. The summed E-state index contributed by atoms with van der Waals surface area (Å²) >= 11 is 0. The minimum Gasteiger partial charge on any atom is -0.444 e. The molecule has 1 aliphatic carbocycles. The van der Waals surface area contributed by atoms with Gasteiger partial charge in [-0.05, 0) is 12.8 Å². The van der Waals surface area contributed by atoms with Crippen molar-refractivity contribution in [3.05, 3.63) is 17.8 Å². The third-order valence-corrected chi connectivity index (χ3v) is 7.81. The molecule has 3 rings (SSSR count). The average Bonchev–Trinajstić information content (AvgIpc) is 3.11. The van der Waals surface area contributed by atoms with Crippen LogP contribution < -0.4 is 0 Å². The molecule has 0 atom stereocenters. The fraction of sp³-hybridized carbons (Fsp3) is 0.842. The minimum atomic E-state index is -3.37. The Morgan fingerprint density at radius 1 is 1.15 bits per heavy atom. The number of aromatic nitrogens is 1. The predicted octanol–water partition coefficient (Wildman–Crippen LogP) is 2.60. The smallest absolute Gasteiger partial charge is 0.282 e. The van der Waals surface area contributed by atoms with E-state index in [1.165, 1.54) is 6.42 Å². The van der Waals surface area contributed by atoms with Crippen LogP contribution in [-0.4, -0.2) is 66.2 Å². The van der Waals surface area contributed by atoms with Crippen LogP contribution in [0.4, 0.5) is 0 Å². The van der Waals surface area contributed by atoms with E-state index in [0.717, 1.165) is 31.4 Å². The van der Waals surface area contributed by atoms with Gasteiger partial charge in [-0.3, -0.25) is 4.90 Å². The van der Waals surface area contributed by atoms with Crippen LogP contribution in [0.1, 0.15) is 64.5 Å². The molecule has 0 bridgehead atoms. The highest BCUT2D eigenvalue weighted by atomic mass is 32.2. The van der Waals surface area contributed by atoms with Gasteiger partial charge in [0.2, 0.25) is 5.89 Å². The van der Waals surface area contributed by atoms with Crippen LogP contribution in [0.3, 0.4) is 0 Å². The summed E-state index contributed by atoms with van der Waals surface area (Å²) in [5, 5.41) is 0. The molecule has 0 amide bonds. The first-order valence-corrected chi connectivity index (χ1v) is 11.5. The topological polar surface area (TPSA) is 69.9 Å². The molecule has 7 nitrogen and oxygen atoms in total. The van der Waals surface area contributed by atoms with Crippen LogP contribution in [-0.2, 0) is 22.2 Å². The molecular weight excluding hydrogens is 364 g/mol. The van der Waals surface area contributed by atoms with Crippen LogP contribution in [0.2, 0.25) is 0 Å². The van der Waals surface area contributed by atoms with Gasteiger partial charge in [-0.2, -0.15) is 17.0 Å². The van der Waals surface area contributed by atoms with Crippen LogP contribution in [0.25, 0.3) is 0 Å². The molecular formula is C19H34N4O3S. The zero-order valence-electron chi connectivity index (χ0n) is 17.1. The molecule has 1 saturated carbocycles. The lowest BCUT2D eigenvalue weighted by Gasteiger charge is -2.38. The summed E-state index contributed by atoms with van der Waals surface area (Å²) in [6, 6.07) is 0.157. The Balaban J connectivity index is 1.54. The first-order valence-electron chi connectivity index (χ1n) is 10.1. The highest BCUT2D eigenvalue weighted by Gasteiger charge is 2.34. The number of nitrogens with zero attached hydrogens (tertiary/aromatic N) is 4. The zero-order valence-corrected chi connectivity index (χ0v) is 18.0. The molecule has 2 heterocycles. The second kappa shape index (κ2) is 8.19. The molecule has 1 saturated heterocycles. The van der Waals surface area contributed by atoms with Crippen molar-refractivity contribution < 1.29 is 12.8 Å². The molecule has 0 aromatic carbocycles. The second-order valence-corrected chi connectivity index (χ2v) is 10.8. The van der Waals surface area contributed by atoms with Crippen LogP contribution in [0.5, 0.6) is 0 Å². The van der Waals surface area contributed by atoms with Crippen molar-refractivity contribution in [1.82, 2.24) is 18.5 Å². The number of hydrogen-bond donors (Lipinski definition) is 0. The molecule has 2 aliphatic rings. The van der Waals surface area contributed by atoms with Gasteiger partial charge in [0.1, 0.15) is 5.76 Å². The summed E-state index contributed by atoms with van der Waals surface area (Å²) < 4.78 is 35.1. The van der Waals surface area contributed by atoms with E-state index in [1.807, 2.05) is 0 Å². The van der Waals surface area contributed by atoms with Crippen LogP contribution in [0, 0.1) is 0 Å². The third-order valence-electron chi connectivity index (χ3n) is 5.76. The zero-order chi connectivity index (χ0) is 19.7. The fourth-order valence-corrected chi connectivity index (χ4v) is 5.43. The van der Waals surface area contributed by atoms with E-state index in [4.69, 9.17) is 4.42 Å². The van der Waals surface area contributed by atoms with Crippen LogP contribution >= 0.6 is 0 Å². The first kappa shape index (κ1) is 20.8. The summed E-state index contributed by atoms with van der Waals surface area (Å²) in [5.74, 6) is 1.59. The van der Waals surface area contributed by atoms with Gasteiger partial charge < -0.3 is 4.42 Å². The van der Waals surface area contributed by atoms with E-state index >= 15 is 0 Å². The Kier molecular flexibility index (Phi) is 6.30. The quantitative estimate of drug-likeness (QED) is 0.762. The predicted molar refractivity (Wildman–Crippen MR) is 106 cm³/mol. The van der Waals surface area contributed by atoms with Gasteiger partial charge >= 0.3 is 0 Å². The summed E-state index contributed by atoms with van der Waals surface area (Å²) in [5.41, 5.74) is -0.0538. The highest BCUT2D eigenvalue weighted by Crippen LogP contribution is 2.26. The van der Waals surface area contributed by atoms with Crippen LogP contribution in [0.15, 0.2) is 10.6 Å². The fourth-order valence-electron chi connectivity index (χ4n) is 3.85. The third kappa shape index (κ3) is 4.91. The van der Waals surface area contributed by atoms with E-state index in [1.54, 1.807) is 21.9 Å². The minimum absolute atomic E-state index is 0.0538. The average molecular weight is 399 g/mol. The Bertz CT molecular complexity index is 712. The molecule has 2 fully saturated rings. The van der Waals surface area contributed by atoms with E-state index in [-0.39, 0.29) is 11.5 Å². The molecule has 1 aliphatic heterocycles. The summed E-state index contributed by atoms with van der Waals surface area (Å²) in [4.78, 5) is 6.60. The lowest BCUT2D eigenvalue weighted by Crippen LogP contribution is -2.54. The molecule has 0 unspecified atom stereocenters. The summed E-state index contributed by atoms with van der Waals surface area (Å²) in [6.07, 6.45) is 7.25. The van der Waals surface area contributed by atoms with Crippen molar-refractivity contribution in [2.45, 2.75) is 70.9 Å². The van der Waals surface area contributed by atoms with Gasteiger partial charge in [-0.15, -0.1) is 0 Å². The second-order valence-electron chi connectivity index (χ2n) is 8.86. The number of hydrogen-bond acceptors (Lipinski definition) is 5. The molecule has 1 aromatic rings. The van der Waals surface area contributed by atoms with Gasteiger partial charge in [0.05, 0.1) is 12.7 Å². The highest BCUT2D eigenvalue weighted by molar-refractivity contribution is 7.86. The van der Waals surface area contributed by atoms with Crippen molar-refractivity contribution in [3.8, 4) is 0 Å². The van der Waals surface area contributed by atoms with Gasteiger partial charge in [0, 0.05) is 44.7 Å². The van der Waals surface area contributed by atoms with E-state index in [9.17, 15) is 8.42 Å². The Hall–Kier alpha value is -0.960. The lowest BCUT2D eigenvalue weighted by atomic mass is 9.94. The van der Waals surface area contributed by atoms with Gasteiger partial charge in [0.15, 0.2) is 0 Å². The van der Waals surface area contributed by atoms with Crippen molar-refractivity contribution in [2.24, 2.45) is 0 Å². The van der Waals surface area contributed by atoms with Crippen molar-refractivity contribution in [3.63, 3.8) is 0 Å². The molecule has 154 valence electrons. The van der Waals surface area contributed by atoms with Crippen molar-refractivity contribution in [2.75, 3.05) is 33.2 Å². The lowest BCUT2D eigenvalue weighted by molar-refractivity contribution is 0.157. The van der Waals surface area contributed by atoms with Crippen molar-refractivity contribution in [1.29, 1.82) is 0 Å². The van der Waals surface area contributed by atoms with Crippen molar-refractivity contribution >= 4 is 10.2 Å². The number of oxazole rings is 1. The Labute approximate surface area is 163 Å². The monoisotopic (exact) mass is 398 g/mol. The maximum atomic E-state index is 13.0.